The van der Waals surface area contributed by atoms with E-state index in [4.69, 9.17) is 14.5 Å². The maximum Gasteiger partial charge on any atom is 0.329 e. The fourth-order valence-corrected chi connectivity index (χ4v) is 11.1. The van der Waals surface area contributed by atoms with Crippen LogP contribution in [-0.2, 0) is 32.5 Å². The number of hydrogen-bond acceptors (Lipinski definition) is 11. The van der Waals surface area contributed by atoms with E-state index in [0.717, 1.165) is 74.9 Å². The molecule has 8 heterocycles. The van der Waals surface area contributed by atoms with Gasteiger partial charge in [-0.15, -0.1) is 0 Å². The van der Waals surface area contributed by atoms with E-state index >= 15 is 0 Å². The monoisotopic (exact) mass is 883 g/mol. The lowest BCUT2D eigenvalue weighted by Crippen LogP contribution is -2.50. The molecule has 2 N–H and O–H groups in total. The van der Waals surface area contributed by atoms with Crippen LogP contribution in [-0.4, -0.2) is 113 Å². The summed E-state index contributed by atoms with van der Waals surface area (Å²) in [5, 5.41) is 13.7. The zero-order chi connectivity index (χ0) is 44.4. The molecule has 4 aromatic heterocycles. The van der Waals surface area contributed by atoms with Crippen molar-refractivity contribution in [3.8, 4) is 0 Å². The highest BCUT2D eigenvalue weighted by Gasteiger charge is 2.40. The molecule has 1 saturated carbocycles. The minimum absolute atomic E-state index is 0.00842. The second-order valence-corrected chi connectivity index (χ2v) is 18.5. The smallest absolute Gasteiger partial charge is 0.329 e. The number of carbonyl (C=O) groups excluding carboxylic acids is 3. The number of aromatic nitrogens is 7. The number of ether oxygens (including phenoxy) is 2. The Kier molecular flexibility index (Phi) is 11.3. The van der Waals surface area contributed by atoms with Gasteiger partial charge >= 0.3 is 5.69 Å². The number of aryl methyl sites for hydroxylation is 1. The zero-order valence-corrected chi connectivity index (χ0v) is 36.4. The molecule has 3 amide bonds. The summed E-state index contributed by atoms with van der Waals surface area (Å²) in [4.78, 5) is 60.9. The molecule has 4 aliphatic heterocycles. The fraction of sp³-hybridized carbons (Fsp3) is 0.578. The Morgan fingerprint density at radius 1 is 1.03 bits per heavy atom. The normalized spacial score (nSPS) is 27.6. The van der Waals surface area contributed by atoms with Crippen LogP contribution < -0.4 is 21.2 Å². The van der Waals surface area contributed by atoms with Crippen molar-refractivity contribution in [1.82, 2.24) is 43.7 Å². The van der Waals surface area contributed by atoms with Gasteiger partial charge in [-0.1, -0.05) is 12.1 Å². The van der Waals surface area contributed by atoms with Gasteiger partial charge in [-0.3, -0.25) is 38.4 Å². The van der Waals surface area contributed by atoms with Gasteiger partial charge in [0.15, 0.2) is 11.3 Å². The predicted octanol–water partition coefficient (Wildman–Crippen LogP) is 4.96. The highest BCUT2D eigenvalue weighted by Crippen LogP contribution is 2.38. The number of amides is 3. The van der Waals surface area contributed by atoms with Crippen molar-refractivity contribution in [3.05, 3.63) is 70.2 Å². The van der Waals surface area contributed by atoms with Crippen molar-refractivity contribution in [2.24, 2.45) is 13.0 Å². The third-order valence-corrected chi connectivity index (χ3v) is 14.4. The van der Waals surface area contributed by atoms with Crippen LogP contribution in [0.4, 0.5) is 20.3 Å². The number of imide groups is 1. The second-order valence-electron chi connectivity index (χ2n) is 18.5. The Balaban J connectivity index is 0.723. The Hall–Kier alpha value is -5.53. The van der Waals surface area contributed by atoms with Crippen molar-refractivity contribution >= 4 is 45.9 Å². The number of piperidine rings is 2. The average molecular weight is 884 g/mol. The molecule has 4 saturated heterocycles. The van der Waals surface area contributed by atoms with Crippen LogP contribution in [0, 0.1) is 5.92 Å². The Morgan fingerprint density at radius 2 is 1.83 bits per heavy atom. The number of carbonyl (C=O) groups is 3. The molecule has 19 heteroatoms. The summed E-state index contributed by atoms with van der Waals surface area (Å²) < 4.78 is 47.2. The quantitative estimate of drug-likeness (QED) is 0.162. The Morgan fingerprint density at radius 3 is 2.55 bits per heavy atom. The van der Waals surface area contributed by atoms with Crippen LogP contribution in [0.25, 0.3) is 16.7 Å². The number of hydrogen-bond donors (Lipinski definition) is 2. The maximum absolute atomic E-state index is 14.4. The lowest BCUT2D eigenvalue weighted by atomic mass is 9.84. The molecule has 1 aliphatic carbocycles. The fourth-order valence-electron chi connectivity index (χ4n) is 11.1. The Labute approximate surface area is 368 Å². The number of rotatable bonds is 12. The van der Waals surface area contributed by atoms with Gasteiger partial charge in [0.1, 0.15) is 17.4 Å². The first kappa shape index (κ1) is 42.4. The number of likely N-dealkylation sites (tertiary alicyclic amines) is 1. The van der Waals surface area contributed by atoms with Crippen LogP contribution >= 0.6 is 0 Å². The van der Waals surface area contributed by atoms with Gasteiger partial charge in [0, 0.05) is 51.0 Å². The number of para-hydroxylation sites is 1. The minimum atomic E-state index is -2.87. The van der Waals surface area contributed by atoms with Gasteiger partial charge in [0.05, 0.1) is 60.4 Å². The van der Waals surface area contributed by atoms with E-state index in [0.29, 0.717) is 48.8 Å². The van der Waals surface area contributed by atoms with Gasteiger partial charge < -0.3 is 19.7 Å². The molecule has 10 rings (SSSR count). The van der Waals surface area contributed by atoms with Crippen molar-refractivity contribution < 1.29 is 32.6 Å². The van der Waals surface area contributed by atoms with E-state index in [-0.39, 0.29) is 60.0 Å². The van der Waals surface area contributed by atoms with Gasteiger partial charge in [-0.25, -0.2) is 23.1 Å². The molecule has 5 fully saturated rings. The van der Waals surface area contributed by atoms with Crippen LogP contribution in [0.15, 0.2) is 47.7 Å². The van der Waals surface area contributed by atoms with Gasteiger partial charge in [0.2, 0.25) is 11.8 Å². The maximum atomic E-state index is 14.4. The molecule has 340 valence electrons. The third-order valence-electron chi connectivity index (χ3n) is 14.4. The largest absolute Gasteiger partial charge is 0.378 e. The van der Waals surface area contributed by atoms with E-state index in [9.17, 15) is 28.0 Å². The number of nitrogens with zero attached hydrogens (tertiary/aromatic N) is 9. The molecule has 64 heavy (non-hydrogen) atoms. The van der Waals surface area contributed by atoms with Crippen molar-refractivity contribution in [1.29, 1.82) is 0 Å². The van der Waals surface area contributed by atoms with E-state index in [1.807, 2.05) is 24.3 Å². The molecule has 5 aromatic rings. The summed E-state index contributed by atoms with van der Waals surface area (Å²) >= 11 is 0. The lowest BCUT2D eigenvalue weighted by Gasteiger charge is -2.45. The van der Waals surface area contributed by atoms with Gasteiger partial charge in [0.25, 0.3) is 12.3 Å². The number of morpholine rings is 1. The predicted molar refractivity (Wildman–Crippen MR) is 232 cm³/mol. The van der Waals surface area contributed by atoms with Crippen LogP contribution in [0.3, 0.4) is 0 Å². The van der Waals surface area contributed by atoms with E-state index in [1.54, 1.807) is 28.7 Å². The van der Waals surface area contributed by atoms with Gasteiger partial charge in [-0.2, -0.15) is 10.2 Å². The summed E-state index contributed by atoms with van der Waals surface area (Å²) in [6.07, 6.45) is 9.40. The average Bonchev–Trinajstić information content (AvgIpc) is 4.13. The molecule has 0 spiro atoms. The topological polar surface area (TPSA) is 175 Å². The molecule has 6 atom stereocenters. The first-order valence-electron chi connectivity index (χ1n) is 22.7. The number of halogens is 2. The third kappa shape index (κ3) is 7.88. The number of anilines is 2. The second kappa shape index (κ2) is 17.1. The number of benzene rings is 1. The molecular weight excluding hydrogens is 829 g/mol. The summed E-state index contributed by atoms with van der Waals surface area (Å²) in [7, 11) is 1.72. The van der Waals surface area contributed by atoms with E-state index < -0.39 is 30.0 Å². The number of imidazole rings is 1. The van der Waals surface area contributed by atoms with Crippen molar-refractivity contribution in [2.45, 2.75) is 127 Å². The number of nitrogens with one attached hydrogen (secondary N) is 2. The summed E-state index contributed by atoms with van der Waals surface area (Å²) in [6, 6.07) is 7.68. The lowest BCUT2D eigenvalue weighted by molar-refractivity contribution is -0.135. The highest BCUT2D eigenvalue weighted by molar-refractivity contribution is 6.08. The molecule has 1 aromatic carbocycles. The van der Waals surface area contributed by atoms with Crippen molar-refractivity contribution in [2.75, 3.05) is 36.5 Å². The first-order valence-corrected chi connectivity index (χ1v) is 22.7. The van der Waals surface area contributed by atoms with E-state index in [1.165, 1.54) is 15.3 Å². The zero-order valence-electron chi connectivity index (χ0n) is 36.4. The standard InChI is InChI=1S/C45H55F2N11O6/c1-25-17-31(63-16-14-28-5-4-6-35-40(28)53(3)45(62)58(35)36-11-12-38(59)51-44(36)61)18-26(2)54(25)21-27-7-9-29(10-8-27)57-23-34(39(52-57)41(46)47)49-43(60)33-20-48-56-15-13-37(50-42(33)56)55-22-32-19-30(55)24-64-32/h4-6,13,15,20,23,25-27,29-32,36,41H,7-12,14,16-19,21-22,24H2,1-3H3,(H,49,60)(H,51,59,61)/t25-,26+,27?,29?,30-,31?,32-,36?/m1/s1. The summed E-state index contributed by atoms with van der Waals surface area (Å²) in [5.74, 6) is -0.154. The summed E-state index contributed by atoms with van der Waals surface area (Å²) in [6.45, 7) is 7.33. The van der Waals surface area contributed by atoms with E-state index in [2.05, 4.69) is 44.5 Å². The SMILES string of the molecule is C[C@@H]1CC(OCCc2cccc3c2n(C)c(=O)n3C2CCC(=O)NC2=O)C[C@H](C)N1CC1CCC(n2cc(NC(=O)c3cnn4ccc(N5C[C@H]6C[C@@H]5CO6)nc34)c(C(F)F)n2)CC1. The molecular formula is C45H55F2N11O6. The minimum Gasteiger partial charge on any atom is -0.378 e. The van der Waals surface area contributed by atoms with Crippen LogP contribution in [0.5, 0.6) is 0 Å². The Bertz CT molecular complexity index is 2640. The van der Waals surface area contributed by atoms with Crippen LogP contribution in [0.1, 0.15) is 112 Å². The number of alkyl halides is 2. The number of fused-ring (bicyclic) bond motifs is 4. The molecule has 2 unspecified atom stereocenters. The first-order chi connectivity index (χ1) is 30.9. The molecule has 5 aliphatic rings. The van der Waals surface area contributed by atoms with Crippen molar-refractivity contribution in [3.63, 3.8) is 0 Å². The highest BCUT2D eigenvalue weighted by atomic mass is 19.3. The van der Waals surface area contributed by atoms with Gasteiger partial charge in [-0.05, 0) is 95.2 Å². The summed E-state index contributed by atoms with van der Waals surface area (Å²) in [5.41, 5.74) is 2.21. The molecule has 0 radical (unpaired) electrons. The molecule has 2 bridgehead atoms. The van der Waals surface area contributed by atoms with Crippen LogP contribution in [0.2, 0.25) is 0 Å². The molecule has 17 nitrogen and oxygen atoms in total.